The molecule has 0 atom stereocenters. The lowest BCUT2D eigenvalue weighted by Crippen LogP contribution is -2.49. The van der Waals surface area contributed by atoms with E-state index in [1.165, 1.54) is 6.07 Å². The molecule has 4 nitrogen and oxygen atoms in total. The average Bonchev–Trinajstić information content (AvgIpc) is 2.39. The Kier molecular flexibility index (Phi) is 4.52. The summed E-state index contributed by atoms with van der Waals surface area (Å²) in [6.07, 6.45) is 0. The molecule has 1 N–H and O–H groups in total. The monoisotopic (exact) mass is 293 g/mol. The minimum absolute atomic E-state index is 0.0697. The van der Waals surface area contributed by atoms with E-state index in [1.54, 1.807) is 18.0 Å². The van der Waals surface area contributed by atoms with Gasteiger partial charge in [0.15, 0.2) is 0 Å². The van der Waals surface area contributed by atoms with Crippen LogP contribution in [0.3, 0.4) is 0 Å². The summed E-state index contributed by atoms with van der Waals surface area (Å²) in [5.41, 5.74) is 1.36. The maximum absolute atomic E-state index is 14.2. The standard InChI is InChI=1S/C16H24FN3O/c1-16(2,3)18-10-12-13(17)6-5-7-14(12)20-9-8-19(4)15(21)11-20/h5-7,18H,8-11H2,1-4H3. The Hall–Kier alpha value is -1.62. The summed E-state index contributed by atoms with van der Waals surface area (Å²) >= 11 is 0. The number of amides is 1. The van der Waals surface area contributed by atoms with E-state index < -0.39 is 0 Å². The molecular formula is C16H24FN3O. The first-order valence-corrected chi connectivity index (χ1v) is 7.29. The molecule has 1 amide bonds. The maximum Gasteiger partial charge on any atom is 0.241 e. The number of benzene rings is 1. The zero-order chi connectivity index (χ0) is 15.6. The van der Waals surface area contributed by atoms with Gasteiger partial charge in [0.05, 0.1) is 6.54 Å². The number of piperazine rings is 1. The van der Waals surface area contributed by atoms with Crippen LogP contribution in [0.15, 0.2) is 18.2 Å². The van der Waals surface area contributed by atoms with Gasteiger partial charge in [-0.3, -0.25) is 4.79 Å². The van der Waals surface area contributed by atoms with Crippen LogP contribution < -0.4 is 10.2 Å². The molecule has 0 bridgehead atoms. The Morgan fingerprint density at radius 1 is 1.29 bits per heavy atom. The molecule has 0 saturated carbocycles. The number of carbonyl (C=O) groups excluding carboxylic acids is 1. The van der Waals surface area contributed by atoms with E-state index in [1.807, 2.05) is 31.7 Å². The van der Waals surface area contributed by atoms with Crippen LogP contribution in [0, 0.1) is 5.82 Å². The molecule has 0 aliphatic carbocycles. The maximum atomic E-state index is 14.2. The van der Waals surface area contributed by atoms with Crippen molar-refractivity contribution in [3.63, 3.8) is 0 Å². The fourth-order valence-corrected chi connectivity index (χ4v) is 2.34. The Bertz CT molecular complexity index is 525. The van der Waals surface area contributed by atoms with Gasteiger partial charge in [0.25, 0.3) is 0 Å². The first kappa shape index (κ1) is 15.8. The van der Waals surface area contributed by atoms with E-state index in [-0.39, 0.29) is 17.3 Å². The van der Waals surface area contributed by atoms with Crippen LogP contribution in [0.1, 0.15) is 26.3 Å². The van der Waals surface area contributed by atoms with Crippen molar-refractivity contribution >= 4 is 11.6 Å². The van der Waals surface area contributed by atoms with Crippen molar-refractivity contribution in [3.8, 4) is 0 Å². The first-order chi connectivity index (χ1) is 9.78. The molecule has 0 aromatic heterocycles. The van der Waals surface area contributed by atoms with Crippen LogP contribution in [-0.4, -0.2) is 43.0 Å². The van der Waals surface area contributed by atoms with Crippen LogP contribution in [0.5, 0.6) is 0 Å². The predicted molar refractivity (Wildman–Crippen MR) is 82.8 cm³/mol. The quantitative estimate of drug-likeness (QED) is 0.926. The van der Waals surface area contributed by atoms with Crippen molar-refractivity contribution in [2.45, 2.75) is 32.9 Å². The summed E-state index contributed by atoms with van der Waals surface area (Å²) in [4.78, 5) is 15.5. The highest BCUT2D eigenvalue weighted by Gasteiger charge is 2.24. The van der Waals surface area contributed by atoms with Gasteiger partial charge in [-0.25, -0.2) is 4.39 Å². The first-order valence-electron chi connectivity index (χ1n) is 7.29. The Balaban J connectivity index is 2.23. The number of carbonyl (C=O) groups is 1. The molecule has 0 unspecified atom stereocenters. The molecule has 116 valence electrons. The third-order valence-electron chi connectivity index (χ3n) is 3.69. The summed E-state index contributed by atoms with van der Waals surface area (Å²) < 4.78 is 14.2. The predicted octanol–water partition coefficient (Wildman–Crippen LogP) is 1.99. The van der Waals surface area contributed by atoms with Gasteiger partial charge in [0.2, 0.25) is 5.91 Å². The van der Waals surface area contributed by atoms with Crippen molar-refractivity contribution < 1.29 is 9.18 Å². The number of halogens is 1. The normalized spacial score (nSPS) is 16.5. The lowest BCUT2D eigenvalue weighted by molar-refractivity contribution is -0.129. The van der Waals surface area contributed by atoms with E-state index in [0.717, 1.165) is 12.2 Å². The number of nitrogens with one attached hydrogen (secondary N) is 1. The molecular weight excluding hydrogens is 269 g/mol. The minimum atomic E-state index is -0.226. The third kappa shape index (κ3) is 3.94. The molecule has 1 aliphatic rings. The fraction of sp³-hybridized carbons (Fsp3) is 0.562. The van der Waals surface area contributed by atoms with Crippen molar-refractivity contribution in [1.82, 2.24) is 10.2 Å². The van der Waals surface area contributed by atoms with Crippen LogP contribution >= 0.6 is 0 Å². The summed E-state index contributed by atoms with van der Waals surface area (Å²) in [5.74, 6) is -0.157. The lowest BCUT2D eigenvalue weighted by Gasteiger charge is -2.35. The number of hydrogen-bond acceptors (Lipinski definition) is 3. The number of likely N-dealkylation sites (N-methyl/N-ethyl adjacent to an activating group) is 1. The minimum Gasteiger partial charge on any atom is -0.360 e. The van der Waals surface area contributed by atoms with Gasteiger partial charge < -0.3 is 15.1 Å². The average molecular weight is 293 g/mol. The van der Waals surface area contributed by atoms with E-state index in [4.69, 9.17) is 0 Å². The second kappa shape index (κ2) is 6.02. The molecule has 21 heavy (non-hydrogen) atoms. The molecule has 0 radical (unpaired) electrons. The number of nitrogens with zero attached hydrogens (tertiary/aromatic N) is 2. The van der Waals surface area contributed by atoms with Crippen molar-refractivity contribution in [1.29, 1.82) is 0 Å². The SMILES string of the molecule is CN1CCN(c2cccc(F)c2CNC(C)(C)C)CC1=O. The van der Waals surface area contributed by atoms with Crippen molar-refractivity contribution in [2.75, 3.05) is 31.6 Å². The Morgan fingerprint density at radius 3 is 2.62 bits per heavy atom. The van der Waals surface area contributed by atoms with Crippen LogP contribution in [0.4, 0.5) is 10.1 Å². The van der Waals surface area contributed by atoms with E-state index >= 15 is 0 Å². The van der Waals surface area contributed by atoms with Crippen molar-refractivity contribution in [3.05, 3.63) is 29.6 Å². The summed E-state index contributed by atoms with van der Waals surface area (Å²) in [5, 5.41) is 3.32. The van der Waals surface area contributed by atoms with Gasteiger partial charge in [-0.1, -0.05) is 6.07 Å². The molecule has 5 heteroatoms. The van der Waals surface area contributed by atoms with E-state index in [9.17, 15) is 9.18 Å². The summed E-state index contributed by atoms with van der Waals surface area (Å²) in [7, 11) is 1.80. The second-order valence-corrected chi connectivity index (χ2v) is 6.58. The molecule has 2 rings (SSSR count). The number of anilines is 1. The summed E-state index contributed by atoms with van der Waals surface area (Å²) in [6.45, 7) is 8.30. The Labute approximate surface area is 125 Å². The Morgan fingerprint density at radius 2 is 2.00 bits per heavy atom. The largest absolute Gasteiger partial charge is 0.360 e. The molecule has 1 saturated heterocycles. The van der Waals surface area contributed by atoms with Crippen molar-refractivity contribution in [2.24, 2.45) is 0 Å². The zero-order valence-corrected chi connectivity index (χ0v) is 13.2. The van der Waals surface area contributed by atoms with E-state index in [2.05, 4.69) is 5.32 Å². The number of hydrogen-bond donors (Lipinski definition) is 1. The topological polar surface area (TPSA) is 35.6 Å². The molecule has 1 fully saturated rings. The third-order valence-corrected chi connectivity index (χ3v) is 3.69. The fourth-order valence-electron chi connectivity index (χ4n) is 2.34. The smallest absolute Gasteiger partial charge is 0.241 e. The van der Waals surface area contributed by atoms with Gasteiger partial charge in [-0.2, -0.15) is 0 Å². The zero-order valence-electron chi connectivity index (χ0n) is 13.2. The molecule has 0 spiro atoms. The highest BCUT2D eigenvalue weighted by molar-refractivity contribution is 5.83. The van der Waals surface area contributed by atoms with Crippen LogP contribution in [0.2, 0.25) is 0 Å². The second-order valence-electron chi connectivity index (χ2n) is 6.58. The van der Waals surface area contributed by atoms with Crippen LogP contribution in [0.25, 0.3) is 0 Å². The summed E-state index contributed by atoms with van der Waals surface area (Å²) in [6, 6.07) is 5.07. The number of rotatable bonds is 3. The van der Waals surface area contributed by atoms with Gasteiger partial charge in [0.1, 0.15) is 5.82 Å². The lowest BCUT2D eigenvalue weighted by atomic mass is 10.1. The van der Waals surface area contributed by atoms with Gasteiger partial charge >= 0.3 is 0 Å². The van der Waals surface area contributed by atoms with E-state index in [0.29, 0.717) is 25.2 Å². The highest BCUT2D eigenvalue weighted by atomic mass is 19.1. The molecule has 1 aromatic carbocycles. The molecule has 1 heterocycles. The highest BCUT2D eigenvalue weighted by Crippen LogP contribution is 2.25. The van der Waals surface area contributed by atoms with Crippen LogP contribution in [-0.2, 0) is 11.3 Å². The van der Waals surface area contributed by atoms with Gasteiger partial charge in [0, 0.05) is 43.5 Å². The molecule has 1 aromatic rings. The van der Waals surface area contributed by atoms with Gasteiger partial charge in [-0.15, -0.1) is 0 Å². The molecule has 1 aliphatic heterocycles. The van der Waals surface area contributed by atoms with Gasteiger partial charge in [-0.05, 0) is 32.9 Å².